The Morgan fingerprint density at radius 3 is 0.911 bits per heavy atom. The predicted molar refractivity (Wildman–Crippen MR) is 432 cm³/mol. The Labute approximate surface area is 669 Å². The first kappa shape index (κ1) is 77.8. The van der Waals surface area contributed by atoms with E-state index >= 15 is 0 Å². The number of hydrogen-bond acceptors (Lipinski definition) is 28. The number of carbonyl (C=O) groups is 4. The summed E-state index contributed by atoms with van der Waals surface area (Å²) in [5.41, 5.74) is 4.84. The molecule has 9 aromatic heterocycles. The molecule has 18 rings (SSSR count). The van der Waals surface area contributed by atoms with Crippen molar-refractivity contribution in [2.75, 3.05) is 93.6 Å². The summed E-state index contributed by atoms with van der Waals surface area (Å²) in [4.78, 5) is 117. The highest BCUT2D eigenvalue weighted by molar-refractivity contribution is 8.27. The van der Waals surface area contributed by atoms with Gasteiger partial charge in [-0.05, 0) is 110 Å². The van der Waals surface area contributed by atoms with E-state index in [0.717, 1.165) is 23.6 Å². The fourth-order valence-electron chi connectivity index (χ4n) is 14.5. The highest BCUT2D eigenvalue weighted by Crippen LogP contribution is 2.42. The third-order valence-corrected chi connectivity index (χ3v) is 24.4. The van der Waals surface area contributed by atoms with E-state index in [4.69, 9.17) is 103 Å². The van der Waals surface area contributed by atoms with Crippen LogP contribution in [0.5, 0.6) is 0 Å². The number of pyridine rings is 3. The quantitative estimate of drug-likeness (QED) is 0.0878. The normalized spacial score (nSPS) is 20.4. The van der Waals surface area contributed by atoms with Crippen LogP contribution in [-0.2, 0) is 67.2 Å². The largest absolute Gasteiger partial charge is 0.481 e. The van der Waals surface area contributed by atoms with Crippen LogP contribution in [0, 0.1) is 20.8 Å². The minimum absolute atomic E-state index is 0.233. The van der Waals surface area contributed by atoms with Crippen molar-refractivity contribution in [1.29, 1.82) is 0 Å². The van der Waals surface area contributed by atoms with Crippen molar-refractivity contribution in [3.05, 3.63) is 207 Å². The molecule has 18 heterocycles. The van der Waals surface area contributed by atoms with E-state index in [1.807, 2.05) is 57.2 Å². The number of amides is 3. The van der Waals surface area contributed by atoms with Gasteiger partial charge in [0.05, 0.1) is 109 Å². The van der Waals surface area contributed by atoms with Gasteiger partial charge in [0.1, 0.15) is 64.6 Å². The van der Waals surface area contributed by atoms with Gasteiger partial charge in [-0.3, -0.25) is 61.5 Å². The number of aromatic nitrogens is 6. The molecule has 3 spiro atoms. The molecular weight excluding hydrogens is 1560 g/mol. The Balaban J connectivity index is 0.000000130. The van der Waals surface area contributed by atoms with E-state index in [9.17, 15) is 28.8 Å². The zero-order valence-electron chi connectivity index (χ0n) is 61.3. The zero-order chi connectivity index (χ0) is 78.2. The van der Waals surface area contributed by atoms with E-state index in [1.165, 1.54) is 63.2 Å². The number of furan rings is 3. The number of thioether (sulfide) groups is 3. The first-order valence-corrected chi connectivity index (χ1v) is 39.9. The average Bonchev–Trinajstić information content (AvgIpc) is 0.925. The lowest BCUT2D eigenvalue weighted by molar-refractivity contribution is -0.169. The third kappa shape index (κ3) is 16.1. The lowest BCUT2D eigenvalue weighted by Crippen LogP contribution is -2.46. The van der Waals surface area contributed by atoms with Gasteiger partial charge in [0, 0.05) is 103 Å². The molecule has 9 fully saturated rings. The predicted octanol–water partition coefficient (Wildman–Crippen LogP) is 10.1. The van der Waals surface area contributed by atoms with Crippen molar-refractivity contribution in [3.63, 3.8) is 0 Å². The summed E-state index contributed by atoms with van der Waals surface area (Å²) >= 11 is 20.0. The highest BCUT2D eigenvalue weighted by Gasteiger charge is 2.45. The highest BCUT2D eigenvalue weighted by atomic mass is 32.2. The second-order valence-electron chi connectivity index (χ2n) is 27.5. The number of aryl methyl sites for hydroxylation is 3. The summed E-state index contributed by atoms with van der Waals surface area (Å²) in [6.45, 7) is 14.9. The molecule has 0 aromatic carbocycles. The molecule has 9 aliphatic heterocycles. The second kappa shape index (κ2) is 32.9. The van der Waals surface area contributed by atoms with Gasteiger partial charge >= 0.3 is 0 Å². The molecule has 0 aliphatic carbocycles. The van der Waals surface area contributed by atoms with Crippen LogP contribution in [0.2, 0.25) is 0 Å². The van der Waals surface area contributed by atoms with Crippen LogP contribution >= 0.6 is 71.9 Å². The Morgan fingerprint density at radius 2 is 0.679 bits per heavy atom. The number of anilines is 3. The Kier molecular flexibility index (Phi) is 22.9. The van der Waals surface area contributed by atoms with Gasteiger partial charge in [-0.1, -0.05) is 90.1 Å². The summed E-state index contributed by atoms with van der Waals surface area (Å²) in [5, 5.41) is 7.42. The van der Waals surface area contributed by atoms with Gasteiger partial charge in [0.25, 0.3) is 40.4 Å². The van der Waals surface area contributed by atoms with Gasteiger partial charge in [-0.25, -0.2) is 15.0 Å². The number of carboxylic acids is 1. The zero-order valence-corrected chi connectivity index (χ0v) is 66.2. The molecule has 0 bridgehead atoms. The van der Waals surface area contributed by atoms with Crippen molar-refractivity contribution < 1.29 is 66.0 Å². The monoisotopic (exact) mass is 1630 g/mol. The van der Waals surface area contributed by atoms with Crippen molar-refractivity contribution in [2.24, 2.45) is 0 Å². The molecule has 9 aliphatic rings. The van der Waals surface area contributed by atoms with Crippen LogP contribution in [0.25, 0.3) is 35.2 Å². The second-order valence-corrected chi connectivity index (χ2v) is 32.5. The fraction of sp³-hybridized carbons (Fsp3) is 0.364. The Hall–Kier alpha value is -9.50. The molecule has 0 atom stereocenters. The number of rotatable bonds is 12. The molecule has 29 nitrogen and oxygen atoms in total. The van der Waals surface area contributed by atoms with Crippen LogP contribution in [0.3, 0.4) is 0 Å². The molecule has 3 amide bonds. The first-order chi connectivity index (χ1) is 54.0. The number of carbonyl (C=O) groups excluding carboxylic acids is 3. The number of aliphatic carboxylic acids is 1. The van der Waals surface area contributed by atoms with E-state index < -0.39 is 23.3 Å². The van der Waals surface area contributed by atoms with Crippen LogP contribution in [-0.4, -0.2) is 181 Å². The SMILES string of the molecule is CC(=O)O.Cc1cccn2c(=O)c(/C=C3/SC(=S)N(Cc4ccco4)C3=O)c(N3CCC4(CC3)OCCO4)nc12.Cc1cccn2c(=O)c(/C=C3/SC(=S)N(Cc4ccco4)C3=O)c(N3CCC4(CC3)OCCO4)nc12.Cc1cccn2c(=O)c(/C=C3/SC(=S)N(Cc4ccco4)C3=O)c(N3CCC4(CC3)OCCO4)nc12. The lowest BCUT2D eigenvalue weighted by atomic mass is 10.0. The van der Waals surface area contributed by atoms with E-state index in [2.05, 4.69) is 14.7 Å². The van der Waals surface area contributed by atoms with E-state index in [-0.39, 0.29) is 54.0 Å². The molecule has 9 saturated heterocycles. The van der Waals surface area contributed by atoms with Crippen LogP contribution < -0.4 is 31.4 Å². The maximum Gasteiger partial charge on any atom is 0.300 e. The molecular formula is C77H76N12O17S6. The molecule has 0 radical (unpaired) electrons. The molecule has 1 N–H and O–H groups in total. The van der Waals surface area contributed by atoms with Crippen LogP contribution in [0.1, 0.15) is 96.1 Å². The van der Waals surface area contributed by atoms with Crippen LogP contribution in [0.4, 0.5) is 17.5 Å². The summed E-state index contributed by atoms with van der Waals surface area (Å²) in [5.74, 6) is 0.311. The molecule has 9 aromatic rings. The standard InChI is InChI=1S/3C25H24N4O5S2.C2H4O2/c3*1-16-4-2-8-28-20(16)26-21(27-9-6-25(7-10-27)33-12-13-34-25)18(22(28)30)14-19-23(31)29(24(35)36-19)15-17-5-3-11-32-17;1-2(3)4/h3*2-5,8,11,14H,6-7,9-10,12-13,15H2,1H3;1H3,(H,3,4)/b3*19-14+;. The number of piperidine rings is 3. The Bertz CT molecular complexity index is 4940. The molecule has 112 heavy (non-hydrogen) atoms. The number of thiocarbonyl (C=S) groups is 3. The smallest absolute Gasteiger partial charge is 0.300 e. The van der Waals surface area contributed by atoms with Gasteiger partial charge in [0.2, 0.25) is 0 Å². The molecule has 0 unspecified atom stereocenters. The fourth-order valence-corrected chi connectivity index (χ4v) is 18.2. The molecule has 0 saturated carbocycles. The summed E-state index contributed by atoms with van der Waals surface area (Å²) in [6.07, 6.45) is 18.7. The number of fused-ring (bicyclic) bond motifs is 3. The average molecular weight is 1630 g/mol. The summed E-state index contributed by atoms with van der Waals surface area (Å²) < 4.78 is 57.3. The number of carboxylic acid groups (broad SMARTS) is 1. The topological polar surface area (TPSA) is 306 Å². The number of nitrogens with zero attached hydrogens (tertiary/aromatic N) is 12. The van der Waals surface area contributed by atoms with Crippen molar-refractivity contribution >= 4 is 161 Å². The first-order valence-electron chi connectivity index (χ1n) is 36.2. The van der Waals surface area contributed by atoms with E-state index in [1.54, 1.807) is 92.0 Å². The van der Waals surface area contributed by atoms with Gasteiger partial charge in [-0.2, -0.15) is 0 Å². The maximum atomic E-state index is 13.7. The van der Waals surface area contributed by atoms with Crippen LogP contribution in [0.15, 0.2) is 153 Å². The number of ether oxygens (including phenoxy) is 6. The van der Waals surface area contributed by atoms with Crippen molar-refractivity contribution in [3.8, 4) is 0 Å². The molecule has 35 heteroatoms. The Morgan fingerprint density at radius 1 is 0.429 bits per heavy atom. The molecule has 582 valence electrons. The minimum atomic E-state index is -0.833. The van der Waals surface area contributed by atoms with Gasteiger partial charge in [-0.15, -0.1) is 0 Å². The van der Waals surface area contributed by atoms with Crippen molar-refractivity contribution in [1.82, 2.24) is 42.9 Å². The number of hydrogen-bond donors (Lipinski definition) is 1. The maximum absolute atomic E-state index is 13.7. The summed E-state index contributed by atoms with van der Waals surface area (Å²) in [7, 11) is 0. The minimum Gasteiger partial charge on any atom is -0.481 e. The van der Waals surface area contributed by atoms with E-state index in [0.29, 0.717) is 213 Å². The van der Waals surface area contributed by atoms with Crippen molar-refractivity contribution in [2.45, 2.75) is 103 Å². The van der Waals surface area contributed by atoms with Gasteiger partial charge in [0.15, 0.2) is 17.4 Å². The van der Waals surface area contributed by atoms with Gasteiger partial charge < -0.3 is 61.5 Å². The third-order valence-electron chi connectivity index (χ3n) is 20.2. The summed E-state index contributed by atoms with van der Waals surface area (Å²) in [6, 6.07) is 21.9. The lowest BCUT2D eigenvalue weighted by Gasteiger charge is -2.38.